The van der Waals surface area contributed by atoms with Gasteiger partial charge >= 0.3 is 4.87 Å². The third kappa shape index (κ3) is 5.28. The molecule has 0 saturated heterocycles. The van der Waals surface area contributed by atoms with Crippen LogP contribution in [0.3, 0.4) is 0 Å². The van der Waals surface area contributed by atoms with Crippen molar-refractivity contribution in [3.8, 4) is 11.5 Å². The predicted molar refractivity (Wildman–Crippen MR) is 135 cm³/mol. The molecule has 3 aromatic carbocycles. The average molecular weight is 519 g/mol. The molecule has 0 spiro atoms. The molecule has 0 amide bonds. The van der Waals surface area contributed by atoms with Gasteiger partial charge in [-0.2, -0.15) is 0 Å². The van der Waals surface area contributed by atoms with Crippen molar-refractivity contribution in [2.24, 2.45) is 0 Å². The van der Waals surface area contributed by atoms with Crippen LogP contribution in [0.15, 0.2) is 76.4 Å². The van der Waals surface area contributed by atoms with E-state index in [1.807, 2.05) is 30.3 Å². The van der Waals surface area contributed by atoms with Crippen molar-refractivity contribution < 1.29 is 17.9 Å². The second-order valence-corrected chi connectivity index (χ2v) is 10.8. The highest BCUT2D eigenvalue weighted by molar-refractivity contribution is 7.89. The highest BCUT2D eigenvalue weighted by Gasteiger charge is 2.20. The van der Waals surface area contributed by atoms with Crippen LogP contribution in [-0.4, -0.2) is 32.7 Å². The maximum absolute atomic E-state index is 13.0. The molecule has 0 radical (unpaired) electrons. The summed E-state index contributed by atoms with van der Waals surface area (Å²) in [6.45, 7) is 2.13. The second-order valence-electron chi connectivity index (χ2n) is 7.66. The number of hydrogen-bond acceptors (Lipinski definition) is 6. The zero-order valence-electron chi connectivity index (χ0n) is 18.5. The van der Waals surface area contributed by atoms with Crippen LogP contribution in [0.25, 0.3) is 10.2 Å². The van der Waals surface area contributed by atoms with E-state index in [0.717, 1.165) is 16.9 Å². The number of hydrogen-bond donors (Lipinski definition) is 1. The summed E-state index contributed by atoms with van der Waals surface area (Å²) in [5.74, 6) is 1.10. The summed E-state index contributed by atoms with van der Waals surface area (Å²) in [7, 11) is -2.29. The molecule has 4 aromatic rings. The van der Waals surface area contributed by atoms with Gasteiger partial charge in [0, 0.05) is 5.02 Å². The summed E-state index contributed by atoms with van der Waals surface area (Å²) in [5.41, 5.74) is 1.47. The SMILES string of the molecule is COc1ccccc1OCC(C)NS(=O)(=O)c1ccc2c(c1)sc(=O)n2Cc1ccccc1Cl. The summed E-state index contributed by atoms with van der Waals surface area (Å²) in [6, 6.07) is 18.6. The standard InChI is InChI=1S/C24H23ClN2O5S2/c1-16(15-32-22-10-6-5-9-21(22)31-2)26-34(29,30)18-11-12-20-23(13-18)33-24(28)27(20)14-17-7-3-4-8-19(17)25/h3-13,16,26H,14-15H2,1-2H3. The summed E-state index contributed by atoms with van der Waals surface area (Å²) >= 11 is 7.24. The molecule has 1 N–H and O–H groups in total. The Morgan fingerprint density at radius 1 is 1.06 bits per heavy atom. The van der Waals surface area contributed by atoms with Gasteiger partial charge < -0.3 is 9.47 Å². The van der Waals surface area contributed by atoms with Crippen LogP contribution in [0.2, 0.25) is 5.02 Å². The first-order chi connectivity index (χ1) is 16.3. The maximum atomic E-state index is 13.0. The molecule has 178 valence electrons. The molecule has 4 rings (SSSR count). The molecular weight excluding hydrogens is 496 g/mol. The Morgan fingerprint density at radius 3 is 2.50 bits per heavy atom. The Balaban J connectivity index is 1.51. The van der Waals surface area contributed by atoms with E-state index in [0.29, 0.717) is 33.3 Å². The first-order valence-electron chi connectivity index (χ1n) is 10.4. The minimum atomic E-state index is -3.83. The highest BCUT2D eigenvalue weighted by atomic mass is 35.5. The fourth-order valence-corrected chi connectivity index (χ4v) is 5.93. The first kappa shape index (κ1) is 24.3. The summed E-state index contributed by atoms with van der Waals surface area (Å²) in [5, 5.41) is 0.571. The van der Waals surface area contributed by atoms with Crippen LogP contribution >= 0.6 is 22.9 Å². The minimum Gasteiger partial charge on any atom is -0.493 e. The lowest BCUT2D eigenvalue weighted by atomic mass is 10.2. The lowest BCUT2D eigenvalue weighted by Crippen LogP contribution is -2.36. The molecule has 7 nitrogen and oxygen atoms in total. The predicted octanol–water partition coefficient (Wildman–Crippen LogP) is 4.52. The topological polar surface area (TPSA) is 86.6 Å². The van der Waals surface area contributed by atoms with Gasteiger partial charge in [-0.25, -0.2) is 13.1 Å². The van der Waals surface area contributed by atoms with Gasteiger partial charge in [-0.3, -0.25) is 9.36 Å². The van der Waals surface area contributed by atoms with Gasteiger partial charge in [0.1, 0.15) is 6.61 Å². The van der Waals surface area contributed by atoms with Crippen LogP contribution in [0.5, 0.6) is 11.5 Å². The van der Waals surface area contributed by atoms with E-state index in [1.165, 1.54) is 12.1 Å². The lowest BCUT2D eigenvalue weighted by molar-refractivity contribution is 0.271. The van der Waals surface area contributed by atoms with Crippen molar-refractivity contribution >= 4 is 43.2 Å². The fourth-order valence-electron chi connectivity index (χ4n) is 3.48. The Labute approximate surface area is 206 Å². The Morgan fingerprint density at radius 2 is 1.76 bits per heavy atom. The number of benzene rings is 3. The van der Waals surface area contributed by atoms with Gasteiger partial charge in [-0.1, -0.05) is 53.3 Å². The molecule has 1 unspecified atom stereocenters. The molecule has 10 heteroatoms. The van der Waals surface area contributed by atoms with Gasteiger partial charge in [-0.15, -0.1) is 0 Å². The smallest absolute Gasteiger partial charge is 0.308 e. The summed E-state index contributed by atoms with van der Waals surface area (Å²) < 4.78 is 41.7. The van der Waals surface area contributed by atoms with Crippen molar-refractivity contribution in [2.75, 3.05) is 13.7 Å². The third-order valence-electron chi connectivity index (χ3n) is 5.15. The second kappa shape index (κ2) is 10.2. The van der Waals surface area contributed by atoms with Crippen molar-refractivity contribution in [1.82, 2.24) is 9.29 Å². The number of thiazole rings is 1. The normalized spacial score (nSPS) is 12.6. The number of methoxy groups -OCH3 is 1. The molecule has 1 heterocycles. The van der Waals surface area contributed by atoms with E-state index < -0.39 is 16.1 Å². The fraction of sp³-hybridized carbons (Fsp3) is 0.208. The first-order valence-corrected chi connectivity index (χ1v) is 13.1. The van der Waals surface area contributed by atoms with Gasteiger partial charge in [-0.05, 0) is 48.9 Å². The van der Waals surface area contributed by atoms with Gasteiger partial charge in [0.2, 0.25) is 10.0 Å². The highest BCUT2D eigenvalue weighted by Crippen LogP contribution is 2.26. The van der Waals surface area contributed by atoms with Crippen LogP contribution < -0.4 is 19.1 Å². The molecule has 0 bridgehead atoms. The quantitative estimate of drug-likeness (QED) is 0.352. The Kier molecular flexibility index (Phi) is 7.27. The van der Waals surface area contributed by atoms with E-state index in [2.05, 4.69) is 4.72 Å². The number of sulfonamides is 1. The van der Waals surface area contributed by atoms with Gasteiger partial charge in [0.15, 0.2) is 11.5 Å². The number of ether oxygens (including phenoxy) is 2. The van der Waals surface area contributed by atoms with Crippen LogP contribution in [0.1, 0.15) is 12.5 Å². The zero-order valence-corrected chi connectivity index (χ0v) is 20.9. The molecule has 0 aliphatic heterocycles. The number of halogens is 1. The maximum Gasteiger partial charge on any atom is 0.308 e. The molecular formula is C24H23ClN2O5S2. The van der Waals surface area contributed by atoms with Crippen molar-refractivity contribution in [2.45, 2.75) is 24.4 Å². The molecule has 0 saturated carbocycles. The van der Waals surface area contributed by atoms with Gasteiger partial charge in [0.05, 0.1) is 34.8 Å². The Bertz CT molecular complexity index is 1480. The van der Waals surface area contributed by atoms with Gasteiger partial charge in [0.25, 0.3) is 0 Å². The van der Waals surface area contributed by atoms with Crippen LogP contribution in [0.4, 0.5) is 0 Å². The third-order valence-corrected chi connectivity index (χ3v) is 8.05. The molecule has 1 aromatic heterocycles. The van der Waals surface area contributed by atoms with E-state index in [-0.39, 0.29) is 16.4 Å². The van der Waals surface area contributed by atoms with E-state index in [9.17, 15) is 13.2 Å². The lowest BCUT2D eigenvalue weighted by Gasteiger charge is -2.16. The van der Waals surface area contributed by atoms with Crippen LogP contribution in [-0.2, 0) is 16.6 Å². The summed E-state index contributed by atoms with van der Waals surface area (Å²) in [4.78, 5) is 12.5. The van der Waals surface area contributed by atoms with E-state index >= 15 is 0 Å². The number of aromatic nitrogens is 1. The number of para-hydroxylation sites is 2. The summed E-state index contributed by atoms with van der Waals surface area (Å²) in [6.07, 6.45) is 0. The molecule has 34 heavy (non-hydrogen) atoms. The number of nitrogens with zero attached hydrogens (tertiary/aromatic N) is 1. The van der Waals surface area contributed by atoms with E-state index in [1.54, 1.807) is 42.9 Å². The minimum absolute atomic E-state index is 0.0790. The largest absolute Gasteiger partial charge is 0.493 e. The number of nitrogens with one attached hydrogen (secondary N) is 1. The monoisotopic (exact) mass is 518 g/mol. The van der Waals surface area contributed by atoms with Crippen molar-refractivity contribution in [3.05, 3.63) is 87.0 Å². The molecule has 0 aliphatic rings. The molecule has 1 atom stereocenters. The molecule has 0 fully saturated rings. The van der Waals surface area contributed by atoms with Crippen molar-refractivity contribution in [1.29, 1.82) is 0 Å². The van der Waals surface area contributed by atoms with E-state index in [4.69, 9.17) is 21.1 Å². The molecule has 0 aliphatic carbocycles. The van der Waals surface area contributed by atoms with Crippen LogP contribution in [0, 0.1) is 0 Å². The Hall–Kier alpha value is -2.85. The number of fused-ring (bicyclic) bond motifs is 1. The average Bonchev–Trinajstić information content (AvgIpc) is 3.13. The zero-order chi connectivity index (χ0) is 24.3. The van der Waals surface area contributed by atoms with Crippen molar-refractivity contribution in [3.63, 3.8) is 0 Å². The number of rotatable bonds is 9.